The number of benzene rings is 2. The SMILES string of the molecule is C[Si]C.Cc1ccc(C)c2[cH-]c([Si](C)(C)C)cc12.Cc1ccc(C)c2[cH-]c([Si](C)(C)C)cc12.[Cl][Zr+2][Cl]. The fourth-order valence-electron chi connectivity index (χ4n) is 4.05. The molecule has 6 heteroatoms. The Labute approximate surface area is 244 Å². The van der Waals surface area contributed by atoms with E-state index >= 15 is 0 Å². The van der Waals surface area contributed by atoms with Gasteiger partial charge in [0.15, 0.2) is 0 Å². The van der Waals surface area contributed by atoms with Gasteiger partial charge in [0.1, 0.15) is 0 Å². The van der Waals surface area contributed by atoms with Crippen LogP contribution in [-0.4, -0.2) is 25.7 Å². The number of aryl methyl sites for hydroxylation is 4. The third-order valence-corrected chi connectivity index (χ3v) is 10.4. The van der Waals surface area contributed by atoms with Gasteiger partial charge >= 0.3 is 37.9 Å². The third kappa shape index (κ3) is 9.51. The molecule has 4 aromatic carbocycles. The van der Waals surface area contributed by atoms with Crippen molar-refractivity contribution in [1.29, 1.82) is 0 Å². The summed E-state index contributed by atoms with van der Waals surface area (Å²) >= 11 is -0.826. The molecule has 0 nitrogen and oxygen atoms in total. The Bertz CT molecular complexity index is 1070. The van der Waals surface area contributed by atoms with Gasteiger partial charge in [-0.05, 0) is 13.8 Å². The van der Waals surface area contributed by atoms with Gasteiger partial charge < -0.3 is 0 Å². The van der Waals surface area contributed by atoms with Gasteiger partial charge in [-0.3, -0.25) is 0 Å². The van der Waals surface area contributed by atoms with Crippen LogP contribution >= 0.6 is 17.0 Å². The Morgan fingerprint density at radius 2 is 0.861 bits per heavy atom. The maximum absolute atomic E-state index is 4.93. The van der Waals surface area contributed by atoms with Crippen LogP contribution in [0.15, 0.2) is 48.5 Å². The molecule has 0 aromatic heterocycles. The van der Waals surface area contributed by atoms with Crippen LogP contribution in [0.2, 0.25) is 52.4 Å². The molecule has 36 heavy (non-hydrogen) atoms. The quantitative estimate of drug-likeness (QED) is 0.150. The summed E-state index contributed by atoms with van der Waals surface area (Å²) in [7, 11) is 8.63. The van der Waals surface area contributed by atoms with Crippen molar-refractivity contribution in [3.8, 4) is 0 Å². The topological polar surface area (TPSA) is 0 Å². The van der Waals surface area contributed by atoms with Crippen LogP contribution in [0.3, 0.4) is 0 Å². The molecule has 0 saturated carbocycles. The number of fused-ring (bicyclic) bond motifs is 2. The number of halogens is 2. The van der Waals surface area contributed by atoms with Gasteiger partial charge in [-0.2, -0.15) is 12.1 Å². The average Bonchev–Trinajstić information content (AvgIpc) is 3.42. The first-order chi connectivity index (χ1) is 16.6. The summed E-state index contributed by atoms with van der Waals surface area (Å²) in [5, 5.41) is 8.96. The molecule has 0 spiro atoms. The molecule has 0 atom stereocenters. The van der Waals surface area contributed by atoms with E-state index in [0.29, 0.717) is 0 Å². The van der Waals surface area contributed by atoms with E-state index in [4.69, 9.17) is 17.0 Å². The Balaban J connectivity index is 0.000000296. The van der Waals surface area contributed by atoms with E-state index in [-0.39, 0.29) is 0 Å². The zero-order valence-electron chi connectivity index (χ0n) is 24.4. The molecule has 4 aromatic rings. The van der Waals surface area contributed by atoms with Crippen molar-refractivity contribution >= 4 is 74.6 Å². The summed E-state index contributed by atoms with van der Waals surface area (Å²) in [6, 6.07) is 18.5. The Hall–Kier alpha value is -0.226. The van der Waals surface area contributed by atoms with E-state index in [1.807, 2.05) is 0 Å². The molecule has 0 heterocycles. The molecule has 0 amide bonds. The van der Waals surface area contributed by atoms with Crippen LogP contribution in [0, 0.1) is 27.7 Å². The van der Waals surface area contributed by atoms with Crippen molar-refractivity contribution in [2.24, 2.45) is 0 Å². The van der Waals surface area contributed by atoms with Crippen LogP contribution in [0.5, 0.6) is 0 Å². The van der Waals surface area contributed by atoms with E-state index in [1.165, 1.54) is 43.8 Å². The summed E-state index contributed by atoms with van der Waals surface area (Å²) in [4.78, 5) is 0. The number of hydrogen-bond acceptors (Lipinski definition) is 0. The van der Waals surface area contributed by atoms with Gasteiger partial charge in [-0.15, -0.1) is 67.3 Å². The fourth-order valence-corrected chi connectivity index (χ4v) is 6.36. The molecule has 2 radical (unpaired) electrons. The summed E-state index contributed by atoms with van der Waals surface area (Å²) in [6.45, 7) is 27.6. The molecule has 4 rings (SSSR count). The molecular weight excluding hydrogens is 607 g/mol. The first-order valence-corrected chi connectivity index (χ1v) is 27.8. The summed E-state index contributed by atoms with van der Waals surface area (Å²) in [5.41, 5.74) is 5.61. The Kier molecular flexibility index (Phi) is 13.9. The summed E-state index contributed by atoms with van der Waals surface area (Å²) in [5.74, 6) is 0. The van der Waals surface area contributed by atoms with Crippen LogP contribution < -0.4 is 10.4 Å². The third-order valence-electron chi connectivity index (χ3n) is 6.38. The Morgan fingerprint density at radius 3 is 1.08 bits per heavy atom. The van der Waals surface area contributed by atoms with Crippen LogP contribution in [0.1, 0.15) is 22.3 Å². The fraction of sp³-hybridized carbons (Fsp3) is 0.400. The zero-order chi connectivity index (χ0) is 27.8. The van der Waals surface area contributed by atoms with E-state index < -0.39 is 37.0 Å². The minimum atomic E-state index is -1.16. The molecule has 0 unspecified atom stereocenters. The molecule has 0 fully saturated rings. The van der Waals surface area contributed by atoms with Crippen molar-refractivity contribution in [3.63, 3.8) is 0 Å². The van der Waals surface area contributed by atoms with Gasteiger partial charge in [0.2, 0.25) is 0 Å². The standard InChI is InChI=1S/2C14H19Si.C2H6Si.2ClH.Zr/c2*1-10-6-7-11(2)14-9-12(8-13(10)14)15(3,4)5;1-3-2;;;/h2*6-9H,1-5H3;1-2H3;2*1H;/q2*-1;;;;+4/p-2. The molecule has 0 aliphatic rings. The van der Waals surface area contributed by atoms with Gasteiger partial charge in [0.05, 0.1) is 16.1 Å². The zero-order valence-corrected chi connectivity index (χ0v) is 31.3. The van der Waals surface area contributed by atoms with Crippen LogP contribution in [0.4, 0.5) is 0 Å². The summed E-state index contributed by atoms with van der Waals surface area (Å²) < 4.78 is 0. The van der Waals surface area contributed by atoms with E-state index in [2.05, 4.69) is 129 Å². The number of hydrogen-bond donors (Lipinski definition) is 0. The summed E-state index contributed by atoms with van der Waals surface area (Å²) in [6.07, 6.45) is 0. The first kappa shape index (κ1) is 33.8. The second-order valence-corrected chi connectivity index (χ2v) is 26.5. The van der Waals surface area contributed by atoms with Crippen molar-refractivity contribution in [3.05, 3.63) is 70.8 Å². The monoisotopic (exact) mass is 648 g/mol. The van der Waals surface area contributed by atoms with Crippen molar-refractivity contribution in [1.82, 2.24) is 0 Å². The maximum atomic E-state index is 4.93. The molecule has 0 aliphatic heterocycles. The second-order valence-electron chi connectivity index (χ2n) is 11.6. The van der Waals surface area contributed by atoms with Gasteiger partial charge in [0, 0.05) is 9.52 Å². The molecular formula is C30H44Cl2Si3Zr. The molecule has 0 saturated heterocycles. The molecule has 0 N–H and O–H groups in total. The van der Waals surface area contributed by atoms with E-state index in [9.17, 15) is 0 Å². The van der Waals surface area contributed by atoms with Gasteiger partial charge in [-0.25, -0.2) is 0 Å². The molecule has 0 aliphatic carbocycles. The number of rotatable bonds is 2. The normalized spacial score (nSPS) is 11.1. The van der Waals surface area contributed by atoms with E-state index in [0.717, 1.165) is 9.52 Å². The molecule has 0 bridgehead atoms. The van der Waals surface area contributed by atoms with Crippen molar-refractivity contribution in [2.75, 3.05) is 0 Å². The van der Waals surface area contributed by atoms with Gasteiger partial charge in [0.25, 0.3) is 0 Å². The van der Waals surface area contributed by atoms with Crippen molar-refractivity contribution in [2.45, 2.75) is 80.1 Å². The van der Waals surface area contributed by atoms with Crippen LogP contribution in [0.25, 0.3) is 21.5 Å². The second kappa shape index (κ2) is 14.8. The predicted molar refractivity (Wildman–Crippen MR) is 173 cm³/mol. The van der Waals surface area contributed by atoms with Crippen LogP contribution in [-0.2, 0) is 20.8 Å². The first-order valence-electron chi connectivity index (χ1n) is 12.5. The average molecular weight is 651 g/mol. The predicted octanol–water partition coefficient (Wildman–Crippen LogP) is 9.60. The Morgan fingerprint density at radius 1 is 0.611 bits per heavy atom. The molecule has 194 valence electrons. The van der Waals surface area contributed by atoms with E-state index in [1.54, 1.807) is 10.4 Å². The minimum absolute atomic E-state index is 0.826. The van der Waals surface area contributed by atoms with Gasteiger partial charge in [-0.1, -0.05) is 89.5 Å². The van der Waals surface area contributed by atoms with Crippen molar-refractivity contribution < 1.29 is 20.8 Å².